The van der Waals surface area contributed by atoms with Crippen LogP contribution in [0.25, 0.3) is 5.57 Å². The lowest BCUT2D eigenvalue weighted by molar-refractivity contribution is -0.384. The highest BCUT2D eigenvalue weighted by molar-refractivity contribution is 6.17. The maximum atomic E-state index is 11.0. The third kappa shape index (κ3) is 3.78. The molecule has 0 amide bonds. The van der Waals surface area contributed by atoms with Crippen molar-refractivity contribution in [1.29, 1.82) is 0 Å². The molecule has 0 unspecified atom stereocenters. The van der Waals surface area contributed by atoms with Gasteiger partial charge in [0.05, 0.1) is 16.3 Å². The van der Waals surface area contributed by atoms with Gasteiger partial charge in [-0.05, 0) is 34.9 Å². The first-order valence-electron chi connectivity index (χ1n) is 8.91. The van der Waals surface area contributed by atoms with Gasteiger partial charge in [-0.25, -0.2) is 0 Å². The Hall–Kier alpha value is -3.86. The molecule has 4 rings (SSSR count). The summed E-state index contributed by atoms with van der Waals surface area (Å²) in [6.07, 6.45) is 2.59. The summed E-state index contributed by atoms with van der Waals surface area (Å²) in [6, 6.07) is 26.4. The van der Waals surface area contributed by atoms with Crippen molar-refractivity contribution in [2.45, 2.75) is 6.42 Å². The average molecular weight is 367 g/mol. The fourth-order valence-corrected chi connectivity index (χ4v) is 3.10. The Balaban J connectivity index is 1.79. The topological polar surface area (TPSA) is 67.9 Å². The molecular formula is C23H17N3O2. The smallest absolute Gasteiger partial charge is 0.258 e. The summed E-state index contributed by atoms with van der Waals surface area (Å²) in [5.41, 5.74) is 5.61. The molecule has 28 heavy (non-hydrogen) atoms. The van der Waals surface area contributed by atoms with E-state index >= 15 is 0 Å². The van der Waals surface area contributed by atoms with Crippen LogP contribution >= 0.6 is 0 Å². The summed E-state index contributed by atoms with van der Waals surface area (Å²) in [6.45, 7) is 0. The van der Waals surface area contributed by atoms with E-state index < -0.39 is 0 Å². The van der Waals surface area contributed by atoms with Crippen LogP contribution in [0.5, 0.6) is 0 Å². The van der Waals surface area contributed by atoms with E-state index in [4.69, 9.17) is 0 Å². The Bertz CT molecular complexity index is 1080. The van der Waals surface area contributed by atoms with Gasteiger partial charge in [-0.3, -0.25) is 10.1 Å². The summed E-state index contributed by atoms with van der Waals surface area (Å²) < 4.78 is 0. The second kappa shape index (κ2) is 7.80. The van der Waals surface area contributed by atoms with Gasteiger partial charge in [-0.2, -0.15) is 10.2 Å². The van der Waals surface area contributed by atoms with Crippen LogP contribution in [0.1, 0.15) is 23.1 Å². The predicted molar refractivity (Wildman–Crippen MR) is 112 cm³/mol. The fraction of sp³-hybridized carbons (Fsp3) is 0.0435. The predicted octanol–water partition coefficient (Wildman–Crippen LogP) is 5.28. The average Bonchev–Trinajstić information content (AvgIpc) is 2.98. The van der Waals surface area contributed by atoms with Crippen molar-refractivity contribution < 1.29 is 4.92 Å². The highest BCUT2D eigenvalue weighted by atomic mass is 16.6. The van der Waals surface area contributed by atoms with Gasteiger partial charge in [0.1, 0.15) is 0 Å². The molecule has 0 fully saturated rings. The molecule has 0 bridgehead atoms. The van der Waals surface area contributed by atoms with Crippen molar-refractivity contribution in [2.75, 3.05) is 0 Å². The van der Waals surface area contributed by atoms with E-state index in [1.54, 1.807) is 12.1 Å². The quantitative estimate of drug-likeness (QED) is 0.465. The van der Waals surface area contributed by atoms with Crippen molar-refractivity contribution in [1.82, 2.24) is 0 Å². The lowest BCUT2D eigenvalue weighted by atomic mass is 9.94. The highest BCUT2D eigenvalue weighted by Crippen LogP contribution is 2.26. The van der Waals surface area contributed by atoms with Crippen LogP contribution in [0.15, 0.2) is 101 Å². The molecule has 0 N–H and O–H groups in total. The third-order valence-corrected chi connectivity index (χ3v) is 4.57. The molecule has 0 saturated heterocycles. The Kier molecular flexibility index (Phi) is 4.89. The SMILES string of the molecule is O=[N+]([O-])c1ccc(C2=CC(c3ccccc3)=NN=C(c3ccccc3)C2)cc1. The van der Waals surface area contributed by atoms with Gasteiger partial charge in [0.15, 0.2) is 0 Å². The van der Waals surface area contributed by atoms with Crippen molar-refractivity contribution in [2.24, 2.45) is 10.2 Å². The van der Waals surface area contributed by atoms with Crippen molar-refractivity contribution in [3.05, 3.63) is 118 Å². The molecule has 5 heteroatoms. The maximum absolute atomic E-state index is 11.0. The van der Waals surface area contributed by atoms with Crippen LogP contribution in [-0.2, 0) is 0 Å². The fourth-order valence-electron chi connectivity index (χ4n) is 3.10. The van der Waals surface area contributed by atoms with Crippen LogP contribution in [0.2, 0.25) is 0 Å². The first-order chi connectivity index (χ1) is 13.7. The number of non-ortho nitro benzene ring substituents is 1. The van der Waals surface area contributed by atoms with E-state index in [-0.39, 0.29) is 10.6 Å². The van der Waals surface area contributed by atoms with Gasteiger partial charge in [-0.1, -0.05) is 60.7 Å². The van der Waals surface area contributed by atoms with Crippen LogP contribution in [0, 0.1) is 10.1 Å². The van der Waals surface area contributed by atoms with Gasteiger partial charge >= 0.3 is 0 Å². The molecule has 1 aliphatic heterocycles. The lowest BCUT2D eigenvalue weighted by Crippen LogP contribution is -2.02. The van der Waals surface area contributed by atoms with Crippen LogP contribution in [0.4, 0.5) is 5.69 Å². The molecule has 136 valence electrons. The van der Waals surface area contributed by atoms with E-state index in [0.29, 0.717) is 6.42 Å². The number of allylic oxidation sites excluding steroid dienone is 2. The Morgan fingerprint density at radius 1 is 0.714 bits per heavy atom. The van der Waals surface area contributed by atoms with E-state index in [9.17, 15) is 10.1 Å². The summed E-state index contributed by atoms with van der Waals surface area (Å²) in [5.74, 6) is 0. The number of nitro benzene ring substituents is 1. The molecule has 3 aromatic rings. The minimum Gasteiger partial charge on any atom is -0.258 e. The molecule has 0 atom stereocenters. The zero-order valence-corrected chi connectivity index (χ0v) is 15.0. The molecule has 5 nitrogen and oxygen atoms in total. The van der Waals surface area contributed by atoms with Gasteiger partial charge in [0.25, 0.3) is 5.69 Å². The molecule has 1 heterocycles. The largest absolute Gasteiger partial charge is 0.269 e. The molecule has 0 spiro atoms. The number of nitrogens with zero attached hydrogens (tertiary/aromatic N) is 3. The van der Waals surface area contributed by atoms with Gasteiger partial charge in [0, 0.05) is 24.1 Å². The summed E-state index contributed by atoms with van der Waals surface area (Å²) in [4.78, 5) is 10.6. The van der Waals surface area contributed by atoms with Gasteiger partial charge < -0.3 is 0 Å². The number of nitro groups is 1. The number of hydrogen-bond acceptors (Lipinski definition) is 4. The van der Waals surface area contributed by atoms with Crippen molar-refractivity contribution in [3.8, 4) is 0 Å². The van der Waals surface area contributed by atoms with E-state index in [2.05, 4.69) is 10.2 Å². The zero-order valence-electron chi connectivity index (χ0n) is 15.0. The molecule has 0 radical (unpaired) electrons. The number of rotatable bonds is 4. The number of benzene rings is 3. The first-order valence-corrected chi connectivity index (χ1v) is 8.91. The zero-order chi connectivity index (χ0) is 19.3. The monoisotopic (exact) mass is 367 g/mol. The van der Waals surface area contributed by atoms with Crippen molar-refractivity contribution in [3.63, 3.8) is 0 Å². The Morgan fingerprint density at radius 3 is 1.93 bits per heavy atom. The van der Waals surface area contributed by atoms with E-state index in [1.165, 1.54) is 12.1 Å². The molecule has 1 aliphatic rings. The minimum absolute atomic E-state index is 0.0758. The van der Waals surface area contributed by atoms with E-state index in [1.807, 2.05) is 66.7 Å². The lowest BCUT2D eigenvalue weighted by Gasteiger charge is -2.09. The Labute approximate surface area is 162 Å². The minimum atomic E-state index is -0.390. The molecule has 3 aromatic carbocycles. The van der Waals surface area contributed by atoms with Gasteiger partial charge in [0.2, 0.25) is 0 Å². The molecule has 0 aromatic heterocycles. The summed E-state index contributed by atoms with van der Waals surface area (Å²) in [7, 11) is 0. The van der Waals surface area contributed by atoms with Crippen LogP contribution in [-0.4, -0.2) is 16.3 Å². The molecule has 0 saturated carbocycles. The highest BCUT2D eigenvalue weighted by Gasteiger charge is 2.15. The third-order valence-electron chi connectivity index (χ3n) is 4.57. The second-order valence-corrected chi connectivity index (χ2v) is 6.41. The molecule has 0 aliphatic carbocycles. The standard InChI is InChI=1S/C23H17N3O2/c27-26(28)21-13-11-17(12-14-21)20-15-22(18-7-3-1-4-8-18)24-25-23(16-20)19-9-5-2-6-10-19/h1-15H,16H2. The summed E-state index contributed by atoms with van der Waals surface area (Å²) >= 11 is 0. The van der Waals surface area contributed by atoms with Crippen LogP contribution in [0.3, 0.4) is 0 Å². The van der Waals surface area contributed by atoms with Crippen LogP contribution < -0.4 is 0 Å². The summed E-state index contributed by atoms with van der Waals surface area (Å²) in [5, 5.41) is 20.0. The Morgan fingerprint density at radius 2 is 1.32 bits per heavy atom. The molecular weight excluding hydrogens is 350 g/mol. The number of hydrogen-bond donors (Lipinski definition) is 0. The normalized spacial score (nSPS) is 13.8. The van der Waals surface area contributed by atoms with E-state index in [0.717, 1.165) is 33.7 Å². The second-order valence-electron chi connectivity index (χ2n) is 6.41. The van der Waals surface area contributed by atoms with Crippen molar-refractivity contribution >= 4 is 22.7 Å². The first kappa shape index (κ1) is 17.5. The van der Waals surface area contributed by atoms with Gasteiger partial charge in [-0.15, -0.1) is 0 Å². The maximum Gasteiger partial charge on any atom is 0.269 e.